The molecule has 5 unspecified atom stereocenters. The Kier molecular flexibility index (Phi) is 6.99. The van der Waals surface area contributed by atoms with Crippen molar-refractivity contribution in [3.8, 4) is 0 Å². The van der Waals surface area contributed by atoms with Gasteiger partial charge in [0.2, 0.25) is 0 Å². The Balaban J connectivity index is 1.92. The average molecular weight is 426 g/mol. The van der Waals surface area contributed by atoms with Crippen LogP contribution in [-0.4, -0.2) is 63.6 Å². The Morgan fingerprint density at radius 2 is 2.18 bits per heavy atom. The van der Waals surface area contributed by atoms with E-state index in [9.17, 15) is 15.2 Å². The number of likely N-dealkylation sites (tertiary alicyclic amines) is 1. The lowest BCUT2D eigenvalue weighted by Crippen LogP contribution is -2.52. The van der Waals surface area contributed by atoms with Crippen LogP contribution in [0.25, 0.3) is 0 Å². The van der Waals surface area contributed by atoms with Crippen LogP contribution in [-0.2, 0) is 9.53 Å². The molecule has 3 N–H and O–H groups in total. The topological polar surface area (TPSA) is 102 Å². The molecule has 8 heteroatoms. The zero-order valence-electron chi connectivity index (χ0n) is 12.9. The summed E-state index contributed by atoms with van der Waals surface area (Å²) in [5, 5.41) is 20.4. The summed E-state index contributed by atoms with van der Waals surface area (Å²) in [5.74, 6) is -0.0934. The van der Waals surface area contributed by atoms with Crippen molar-refractivity contribution in [2.45, 2.75) is 54.3 Å². The van der Waals surface area contributed by atoms with Crippen molar-refractivity contribution in [3.63, 3.8) is 0 Å². The predicted molar refractivity (Wildman–Crippen MR) is 90.5 cm³/mol. The number of ether oxygens (including phenoxy) is 1. The Bertz CT molecular complexity index is 385. The van der Waals surface area contributed by atoms with Gasteiger partial charge < -0.3 is 20.9 Å². The molecule has 0 bridgehead atoms. The Labute approximate surface area is 144 Å². The molecule has 0 amide bonds. The molecule has 1 saturated heterocycles. The third-order valence-corrected chi connectivity index (χ3v) is 5.85. The summed E-state index contributed by atoms with van der Waals surface area (Å²) in [4.78, 5) is 14.6. The molecular weight excluding hydrogens is 401 g/mol. The monoisotopic (exact) mass is 426 g/mol. The van der Waals surface area contributed by atoms with Gasteiger partial charge in [-0.15, -0.1) is 0 Å². The lowest BCUT2D eigenvalue weighted by Gasteiger charge is -2.42. The molecule has 5 atom stereocenters. The van der Waals surface area contributed by atoms with Gasteiger partial charge in [0.15, 0.2) is 0 Å². The summed E-state index contributed by atoms with van der Waals surface area (Å²) in [7, 11) is 1.52. The van der Waals surface area contributed by atoms with Crippen LogP contribution in [0, 0.1) is 11.1 Å². The maximum absolute atomic E-state index is 12.5. The number of nitrogens with zero attached hydrogens (tertiary/aromatic N) is 2. The van der Waals surface area contributed by atoms with Crippen LogP contribution >= 0.6 is 22.6 Å². The second-order valence-electron chi connectivity index (χ2n) is 6.29. The van der Waals surface area contributed by atoms with E-state index in [-0.39, 0.29) is 29.2 Å². The minimum atomic E-state index is -0.667. The fourth-order valence-electron chi connectivity index (χ4n) is 3.45. The van der Waals surface area contributed by atoms with Crippen molar-refractivity contribution < 1.29 is 14.7 Å². The third-order valence-electron chi connectivity index (χ3n) is 4.83. The number of ketones is 1. The smallest absolute Gasteiger partial charge is 0.150 e. The number of carbonyl (C=O) groups is 1. The first kappa shape index (κ1) is 18.5. The molecule has 7 nitrogen and oxygen atoms in total. The second kappa shape index (κ2) is 8.32. The van der Waals surface area contributed by atoms with Gasteiger partial charge in [-0.25, -0.2) is 0 Å². The number of Topliss-reactive ketones (excluding diaryl/α,β-unsaturated/α-hetero) is 1. The first-order valence-corrected chi connectivity index (χ1v) is 9.01. The molecule has 2 fully saturated rings. The van der Waals surface area contributed by atoms with Crippen LogP contribution in [0.5, 0.6) is 0 Å². The molecule has 0 aromatic rings. The van der Waals surface area contributed by atoms with E-state index in [0.29, 0.717) is 29.7 Å². The fourth-order valence-corrected chi connectivity index (χ4v) is 4.31. The van der Waals surface area contributed by atoms with E-state index in [1.165, 1.54) is 7.11 Å². The fraction of sp³-hybridized carbons (Fsp3) is 0.929. The Morgan fingerprint density at radius 1 is 1.45 bits per heavy atom. The molecule has 1 heterocycles. The van der Waals surface area contributed by atoms with Gasteiger partial charge in [-0.3, -0.25) is 14.9 Å². The molecule has 1 aliphatic carbocycles. The molecule has 128 valence electrons. The molecule has 0 radical (unpaired) electrons. The number of hydrogen-bond donors (Lipinski definition) is 2. The number of hydrogen-bond acceptors (Lipinski definition) is 7. The highest BCUT2D eigenvalue weighted by molar-refractivity contribution is 14.1. The minimum absolute atomic E-state index is 0.0545. The summed E-state index contributed by atoms with van der Waals surface area (Å²) in [5.41, 5.74) is 6.09. The van der Waals surface area contributed by atoms with Crippen molar-refractivity contribution in [2.24, 2.45) is 11.7 Å². The summed E-state index contributed by atoms with van der Waals surface area (Å²) >= 11 is 2.40. The van der Waals surface area contributed by atoms with Gasteiger partial charge >= 0.3 is 0 Å². The maximum atomic E-state index is 12.5. The van der Waals surface area contributed by atoms with Gasteiger partial charge in [-0.1, -0.05) is 22.6 Å². The molecule has 2 aliphatic rings. The molecule has 0 spiro atoms. The normalized spacial score (nSPS) is 37.5. The SMILES string of the molecule is COC1CCC(C(=O)CN2CC(I)CCC2N)CC1N([O-])O. The van der Waals surface area contributed by atoms with Crippen LogP contribution in [0.3, 0.4) is 0 Å². The van der Waals surface area contributed by atoms with Crippen LogP contribution in [0.2, 0.25) is 0 Å². The predicted octanol–water partition coefficient (Wildman–Crippen LogP) is 1.11. The summed E-state index contributed by atoms with van der Waals surface area (Å²) < 4.78 is 5.75. The highest BCUT2D eigenvalue weighted by atomic mass is 127. The van der Waals surface area contributed by atoms with Gasteiger partial charge in [0.25, 0.3) is 0 Å². The van der Waals surface area contributed by atoms with Crippen molar-refractivity contribution in [1.82, 2.24) is 10.1 Å². The zero-order valence-corrected chi connectivity index (χ0v) is 15.0. The highest BCUT2D eigenvalue weighted by Crippen LogP contribution is 2.30. The second-order valence-corrected chi connectivity index (χ2v) is 8.05. The molecule has 22 heavy (non-hydrogen) atoms. The Morgan fingerprint density at radius 3 is 2.82 bits per heavy atom. The summed E-state index contributed by atoms with van der Waals surface area (Å²) in [6.07, 6.45) is 3.26. The molecule has 1 aliphatic heterocycles. The van der Waals surface area contributed by atoms with E-state index < -0.39 is 6.04 Å². The van der Waals surface area contributed by atoms with E-state index in [4.69, 9.17) is 10.5 Å². The van der Waals surface area contributed by atoms with Crippen LogP contribution < -0.4 is 5.73 Å². The average Bonchev–Trinajstić information content (AvgIpc) is 2.50. The molecule has 1 saturated carbocycles. The number of alkyl halides is 1. The van der Waals surface area contributed by atoms with Gasteiger partial charge in [0.1, 0.15) is 5.78 Å². The number of rotatable bonds is 5. The summed E-state index contributed by atoms with van der Waals surface area (Å²) in [6.45, 7) is 1.16. The van der Waals surface area contributed by atoms with Crippen molar-refractivity contribution in [3.05, 3.63) is 5.21 Å². The molecular formula is C14H25IN3O4-. The van der Waals surface area contributed by atoms with E-state index in [2.05, 4.69) is 22.6 Å². The first-order valence-electron chi connectivity index (χ1n) is 7.76. The van der Waals surface area contributed by atoms with Crippen molar-refractivity contribution in [1.29, 1.82) is 0 Å². The summed E-state index contributed by atoms with van der Waals surface area (Å²) in [6, 6.07) is -0.667. The first-order chi connectivity index (χ1) is 10.4. The Hall–Kier alpha value is 0.160. The number of halogens is 1. The van der Waals surface area contributed by atoms with E-state index in [0.717, 1.165) is 19.4 Å². The van der Waals surface area contributed by atoms with E-state index in [1.807, 2.05) is 4.90 Å². The number of hydroxylamine groups is 2. The molecule has 0 aromatic heterocycles. The standard InChI is InChI=1S/C14H25IN3O4/c1-22-13-4-2-9(6-11(13)18(20)21)12(19)8-17-7-10(15)3-5-14(17)16/h9-11,13-14,20H,2-8,16H2,1H3/q-1. The highest BCUT2D eigenvalue weighted by Gasteiger charge is 2.36. The lowest BCUT2D eigenvalue weighted by atomic mass is 9.81. The quantitative estimate of drug-likeness (QED) is 0.386. The molecule has 2 rings (SSSR count). The number of methoxy groups -OCH3 is 1. The van der Waals surface area contributed by atoms with Crippen LogP contribution in [0.15, 0.2) is 0 Å². The maximum Gasteiger partial charge on any atom is 0.150 e. The number of carbonyl (C=O) groups excluding carboxylic acids is 1. The van der Waals surface area contributed by atoms with E-state index in [1.54, 1.807) is 0 Å². The third kappa shape index (κ3) is 4.59. The van der Waals surface area contributed by atoms with Crippen LogP contribution in [0.1, 0.15) is 32.1 Å². The van der Waals surface area contributed by atoms with Crippen molar-refractivity contribution >= 4 is 28.4 Å². The van der Waals surface area contributed by atoms with Gasteiger partial charge in [0.05, 0.1) is 18.8 Å². The largest absolute Gasteiger partial charge is 0.762 e. The lowest BCUT2D eigenvalue weighted by molar-refractivity contribution is -0.148. The zero-order chi connectivity index (χ0) is 16.3. The van der Waals surface area contributed by atoms with E-state index >= 15 is 0 Å². The number of piperidine rings is 1. The van der Waals surface area contributed by atoms with Crippen LogP contribution in [0.4, 0.5) is 0 Å². The molecule has 0 aromatic carbocycles. The number of nitrogens with two attached hydrogens (primary N) is 1. The van der Waals surface area contributed by atoms with Gasteiger partial charge in [0, 0.05) is 29.5 Å². The minimum Gasteiger partial charge on any atom is -0.762 e. The van der Waals surface area contributed by atoms with Gasteiger partial charge in [-0.2, -0.15) is 0 Å². The van der Waals surface area contributed by atoms with Crippen molar-refractivity contribution in [2.75, 3.05) is 20.2 Å². The van der Waals surface area contributed by atoms with Gasteiger partial charge in [-0.05, 0) is 32.1 Å².